The van der Waals surface area contributed by atoms with Crippen molar-refractivity contribution in [2.24, 2.45) is 5.16 Å². The van der Waals surface area contributed by atoms with Crippen LogP contribution in [0.25, 0.3) is 0 Å². The monoisotopic (exact) mass is 117 g/mol. The zero-order valence-electron chi connectivity index (χ0n) is 5.22. The zero-order chi connectivity index (χ0) is 6.41. The molecule has 0 unspecified atom stereocenters. The average Bonchev–Trinajstić information content (AvgIpc) is 1.83. The van der Waals surface area contributed by atoms with Gasteiger partial charge in [-0.2, -0.15) is 0 Å². The maximum absolute atomic E-state index is 8.12. The molecule has 0 amide bonds. The molecule has 48 valence electrons. The third-order valence-corrected chi connectivity index (χ3v) is 0.811. The van der Waals surface area contributed by atoms with Crippen molar-refractivity contribution in [3.8, 4) is 0 Å². The fraction of sp³-hybridized carbons (Fsp3) is 0.800. The average molecular weight is 117 g/mol. The smallest absolute Gasteiger partial charge is 0.225 e. The highest BCUT2D eigenvalue weighted by Crippen LogP contribution is 1.90. The maximum atomic E-state index is 8.12. The Labute approximate surface area is 49.0 Å². The number of hydrogen-bond donors (Lipinski definition) is 1. The summed E-state index contributed by atoms with van der Waals surface area (Å²) in [6.45, 7) is 1.99. The van der Waals surface area contributed by atoms with E-state index >= 15 is 0 Å². The van der Waals surface area contributed by atoms with Gasteiger partial charge in [-0.25, -0.2) is 0 Å². The largest absolute Gasteiger partial charge is 0.482 e. The Bertz CT molecular complexity index is 80.5. The van der Waals surface area contributed by atoms with Crippen LogP contribution in [0.15, 0.2) is 5.16 Å². The second-order valence-electron chi connectivity index (χ2n) is 1.45. The molecular formula is C5H11NO2. The first-order valence-corrected chi connectivity index (χ1v) is 2.60. The number of ether oxygens (including phenoxy) is 1. The van der Waals surface area contributed by atoms with Crippen LogP contribution in [0.5, 0.6) is 0 Å². The maximum Gasteiger partial charge on any atom is 0.225 e. The summed E-state index contributed by atoms with van der Waals surface area (Å²) < 4.78 is 4.64. The summed E-state index contributed by atoms with van der Waals surface area (Å²) in [5.41, 5.74) is 0. The molecule has 0 bridgehead atoms. The molecule has 0 radical (unpaired) electrons. The molecule has 0 aliphatic heterocycles. The number of methoxy groups -OCH3 is 1. The van der Waals surface area contributed by atoms with Crippen LogP contribution in [0.4, 0.5) is 0 Å². The van der Waals surface area contributed by atoms with Crippen molar-refractivity contribution in [3.63, 3.8) is 0 Å². The van der Waals surface area contributed by atoms with E-state index in [4.69, 9.17) is 5.21 Å². The molecule has 8 heavy (non-hydrogen) atoms. The molecule has 1 N–H and O–H groups in total. The van der Waals surface area contributed by atoms with E-state index in [1.54, 1.807) is 0 Å². The van der Waals surface area contributed by atoms with Gasteiger partial charge in [0, 0.05) is 6.42 Å². The first-order chi connectivity index (χ1) is 3.85. The van der Waals surface area contributed by atoms with E-state index in [-0.39, 0.29) is 0 Å². The van der Waals surface area contributed by atoms with E-state index in [0.717, 1.165) is 6.42 Å². The van der Waals surface area contributed by atoms with Gasteiger partial charge in [0.25, 0.3) is 0 Å². The molecule has 0 aromatic rings. The topological polar surface area (TPSA) is 41.8 Å². The molecule has 0 aromatic carbocycles. The molecule has 0 aliphatic carbocycles. The molecule has 0 saturated heterocycles. The van der Waals surface area contributed by atoms with Crippen LogP contribution in [0.3, 0.4) is 0 Å². The van der Waals surface area contributed by atoms with Gasteiger partial charge < -0.3 is 9.94 Å². The van der Waals surface area contributed by atoms with Gasteiger partial charge in [0.15, 0.2) is 0 Å². The molecule has 0 fully saturated rings. The highest BCUT2D eigenvalue weighted by molar-refractivity contribution is 5.74. The molecule has 0 saturated carbocycles. The molecule has 0 heterocycles. The van der Waals surface area contributed by atoms with Crippen molar-refractivity contribution in [2.45, 2.75) is 19.8 Å². The first-order valence-electron chi connectivity index (χ1n) is 2.60. The van der Waals surface area contributed by atoms with Gasteiger partial charge in [-0.1, -0.05) is 12.1 Å². The van der Waals surface area contributed by atoms with Gasteiger partial charge in [0.1, 0.15) is 0 Å². The SMILES string of the molecule is CCC/C(=N/O)OC. The number of rotatable bonds is 2. The highest BCUT2D eigenvalue weighted by Gasteiger charge is 1.92. The van der Waals surface area contributed by atoms with Crippen LogP contribution in [-0.2, 0) is 4.74 Å². The summed E-state index contributed by atoms with van der Waals surface area (Å²) in [5.74, 6) is 0.396. The van der Waals surface area contributed by atoms with Gasteiger partial charge in [0.2, 0.25) is 5.90 Å². The zero-order valence-corrected chi connectivity index (χ0v) is 5.22. The van der Waals surface area contributed by atoms with E-state index in [1.165, 1.54) is 7.11 Å². The Balaban J connectivity index is 3.38. The van der Waals surface area contributed by atoms with Crippen LogP contribution in [0.2, 0.25) is 0 Å². The molecule has 3 nitrogen and oxygen atoms in total. The van der Waals surface area contributed by atoms with E-state index in [1.807, 2.05) is 6.92 Å². The summed E-state index contributed by atoms with van der Waals surface area (Å²) in [6.07, 6.45) is 1.64. The molecule has 0 spiro atoms. The Morgan fingerprint density at radius 1 is 1.75 bits per heavy atom. The second-order valence-corrected chi connectivity index (χ2v) is 1.45. The van der Waals surface area contributed by atoms with E-state index in [9.17, 15) is 0 Å². The van der Waals surface area contributed by atoms with Crippen LogP contribution < -0.4 is 0 Å². The summed E-state index contributed by atoms with van der Waals surface area (Å²) in [5, 5.41) is 11.0. The van der Waals surface area contributed by atoms with Crippen molar-refractivity contribution in [1.82, 2.24) is 0 Å². The Morgan fingerprint density at radius 3 is 2.50 bits per heavy atom. The third-order valence-electron chi connectivity index (χ3n) is 0.811. The third kappa shape index (κ3) is 2.44. The Morgan fingerprint density at radius 2 is 2.38 bits per heavy atom. The minimum atomic E-state index is 0.396. The summed E-state index contributed by atoms with van der Waals surface area (Å²) in [6, 6.07) is 0. The minimum Gasteiger partial charge on any atom is -0.482 e. The van der Waals surface area contributed by atoms with E-state index in [0.29, 0.717) is 12.3 Å². The summed E-state index contributed by atoms with van der Waals surface area (Å²) >= 11 is 0. The molecule has 0 atom stereocenters. The molecule has 0 rings (SSSR count). The summed E-state index contributed by atoms with van der Waals surface area (Å²) in [4.78, 5) is 0. The lowest BCUT2D eigenvalue weighted by atomic mass is 10.3. The van der Waals surface area contributed by atoms with Crippen LogP contribution >= 0.6 is 0 Å². The number of oxime groups is 1. The predicted molar refractivity (Wildman–Crippen MR) is 31.1 cm³/mol. The number of hydrogen-bond acceptors (Lipinski definition) is 3. The van der Waals surface area contributed by atoms with Gasteiger partial charge in [-0.15, -0.1) is 0 Å². The quantitative estimate of drug-likeness (QED) is 0.256. The predicted octanol–water partition coefficient (Wildman–Crippen LogP) is 1.22. The first kappa shape index (κ1) is 7.27. The van der Waals surface area contributed by atoms with E-state index < -0.39 is 0 Å². The Hall–Kier alpha value is -0.730. The standard InChI is InChI=1S/C5H11NO2/c1-3-4-5(6-7)8-2/h7H,3-4H2,1-2H3/b6-5-. The fourth-order valence-corrected chi connectivity index (χ4v) is 0.407. The van der Waals surface area contributed by atoms with Crippen LogP contribution in [0, 0.1) is 0 Å². The lowest BCUT2D eigenvalue weighted by molar-refractivity contribution is 0.280. The van der Waals surface area contributed by atoms with Gasteiger partial charge in [0.05, 0.1) is 7.11 Å². The van der Waals surface area contributed by atoms with Crippen molar-refractivity contribution in [3.05, 3.63) is 0 Å². The fourth-order valence-electron chi connectivity index (χ4n) is 0.407. The van der Waals surface area contributed by atoms with E-state index in [2.05, 4.69) is 9.89 Å². The Kier molecular flexibility index (Phi) is 4.03. The minimum absolute atomic E-state index is 0.396. The van der Waals surface area contributed by atoms with Crippen molar-refractivity contribution in [1.29, 1.82) is 0 Å². The van der Waals surface area contributed by atoms with Crippen LogP contribution in [-0.4, -0.2) is 18.2 Å². The van der Waals surface area contributed by atoms with Crippen molar-refractivity contribution < 1.29 is 9.94 Å². The van der Waals surface area contributed by atoms with Crippen LogP contribution in [0.1, 0.15) is 19.8 Å². The lowest BCUT2D eigenvalue weighted by Crippen LogP contribution is -1.99. The van der Waals surface area contributed by atoms with Gasteiger partial charge >= 0.3 is 0 Å². The molecule has 0 aliphatic rings. The van der Waals surface area contributed by atoms with Crippen molar-refractivity contribution >= 4 is 5.90 Å². The lowest BCUT2D eigenvalue weighted by Gasteiger charge is -1.96. The van der Waals surface area contributed by atoms with Gasteiger partial charge in [-0.3, -0.25) is 0 Å². The highest BCUT2D eigenvalue weighted by atomic mass is 16.5. The molecule has 0 aromatic heterocycles. The van der Waals surface area contributed by atoms with Gasteiger partial charge in [-0.05, 0) is 6.42 Å². The number of nitrogens with zero attached hydrogens (tertiary/aromatic N) is 1. The molecular weight excluding hydrogens is 106 g/mol. The molecule has 3 heteroatoms. The summed E-state index contributed by atoms with van der Waals surface area (Å²) in [7, 11) is 1.49. The second kappa shape index (κ2) is 4.43. The normalized spacial score (nSPS) is 11.5. The van der Waals surface area contributed by atoms with Crippen molar-refractivity contribution in [2.75, 3.05) is 7.11 Å².